The highest BCUT2D eigenvalue weighted by atomic mass is 16.5. The van der Waals surface area contributed by atoms with E-state index in [1.165, 1.54) is 21.3 Å². The van der Waals surface area contributed by atoms with E-state index in [-0.39, 0.29) is 0 Å². The summed E-state index contributed by atoms with van der Waals surface area (Å²) < 4.78 is 15.1. The molecule has 7 nitrogen and oxygen atoms in total. The molecule has 0 spiro atoms. The Bertz CT molecular complexity index is 727. The summed E-state index contributed by atoms with van der Waals surface area (Å²) in [6.45, 7) is 0. The van der Waals surface area contributed by atoms with Crippen LogP contribution in [0.3, 0.4) is 0 Å². The molecule has 0 fully saturated rings. The number of carbonyl (C=O) groups is 2. The minimum atomic E-state index is -0.810. The lowest BCUT2D eigenvalue weighted by Crippen LogP contribution is -2.45. The fourth-order valence-electron chi connectivity index (χ4n) is 2.39. The molecule has 1 atom stereocenters. The second-order valence-corrected chi connectivity index (χ2v) is 5.47. The Balaban J connectivity index is 2.08. The minimum absolute atomic E-state index is 0.322. The number of nitrogens with one attached hydrogen (secondary N) is 2. The lowest BCUT2D eigenvalue weighted by Gasteiger charge is -2.17. The molecule has 0 heterocycles. The first-order valence-electron chi connectivity index (χ1n) is 7.98. The molecule has 0 bridgehead atoms. The number of hydrogen-bond acceptors (Lipinski definition) is 5. The number of hydrogen-bond donors (Lipinski definition) is 2. The van der Waals surface area contributed by atoms with Gasteiger partial charge in [0.05, 0.1) is 21.3 Å². The molecule has 0 aliphatic heterocycles. The number of anilines is 1. The Morgan fingerprint density at radius 1 is 0.962 bits per heavy atom. The van der Waals surface area contributed by atoms with Crippen LogP contribution < -0.4 is 20.1 Å². The average Bonchev–Trinajstić information content (AvgIpc) is 2.67. The molecule has 2 N–H and O–H groups in total. The van der Waals surface area contributed by atoms with E-state index in [0.29, 0.717) is 23.6 Å². The highest BCUT2D eigenvalue weighted by molar-refractivity contribution is 5.93. The van der Waals surface area contributed by atoms with Crippen LogP contribution in [0.25, 0.3) is 0 Å². The lowest BCUT2D eigenvalue weighted by atomic mass is 10.1. The largest absolute Gasteiger partial charge is 0.497 e. The van der Waals surface area contributed by atoms with Gasteiger partial charge in [-0.2, -0.15) is 0 Å². The molecule has 26 heavy (non-hydrogen) atoms. The summed E-state index contributed by atoms with van der Waals surface area (Å²) in [6, 6.07) is 13.0. The van der Waals surface area contributed by atoms with Crippen molar-refractivity contribution in [1.29, 1.82) is 0 Å². The predicted molar refractivity (Wildman–Crippen MR) is 97.7 cm³/mol. The van der Waals surface area contributed by atoms with Crippen LogP contribution in [0.4, 0.5) is 10.5 Å². The Hall–Kier alpha value is -3.22. The smallest absolute Gasteiger partial charge is 0.328 e. The zero-order valence-electron chi connectivity index (χ0n) is 14.9. The van der Waals surface area contributed by atoms with E-state index < -0.39 is 18.0 Å². The lowest BCUT2D eigenvalue weighted by molar-refractivity contribution is -0.142. The number of rotatable bonds is 7. The SMILES string of the molecule is COC(=O)[C@@H](Cc1ccccc1)NC(=O)Nc1cc(OC)cc(OC)c1. The molecule has 0 aliphatic rings. The van der Waals surface area contributed by atoms with Crippen molar-refractivity contribution < 1.29 is 23.8 Å². The standard InChI is InChI=1S/C19H22N2O5/c1-24-15-10-14(11-16(12-15)25-2)20-19(23)21-17(18(22)26-3)9-13-7-5-4-6-8-13/h4-8,10-12,17H,9H2,1-3H3,(H2,20,21,23)/t17-/m1/s1. The molecule has 0 aliphatic carbocycles. The molecular weight excluding hydrogens is 336 g/mol. The molecule has 2 aromatic carbocycles. The number of esters is 1. The van der Waals surface area contributed by atoms with Crippen molar-refractivity contribution in [3.63, 3.8) is 0 Å². The topological polar surface area (TPSA) is 85.9 Å². The van der Waals surface area contributed by atoms with Gasteiger partial charge in [-0.3, -0.25) is 0 Å². The van der Waals surface area contributed by atoms with Gasteiger partial charge in [-0.15, -0.1) is 0 Å². The minimum Gasteiger partial charge on any atom is -0.497 e. The second-order valence-electron chi connectivity index (χ2n) is 5.47. The molecule has 0 saturated heterocycles. The predicted octanol–water partition coefficient (Wildman–Crippen LogP) is 2.61. The first-order valence-corrected chi connectivity index (χ1v) is 7.98. The Kier molecular flexibility index (Phi) is 6.84. The highest BCUT2D eigenvalue weighted by Crippen LogP contribution is 2.25. The Morgan fingerprint density at radius 2 is 1.58 bits per heavy atom. The fourth-order valence-corrected chi connectivity index (χ4v) is 2.39. The number of ether oxygens (including phenoxy) is 3. The Morgan fingerprint density at radius 3 is 2.12 bits per heavy atom. The van der Waals surface area contributed by atoms with E-state index in [0.717, 1.165) is 5.56 Å². The summed E-state index contributed by atoms with van der Waals surface area (Å²) in [4.78, 5) is 24.3. The molecule has 2 rings (SSSR count). The molecule has 2 aromatic rings. The van der Waals surface area contributed by atoms with Crippen molar-refractivity contribution in [3.05, 3.63) is 54.1 Å². The normalized spacial score (nSPS) is 11.2. The van der Waals surface area contributed by atoms with Crippen molar-refractivity contribution in [3.8, 4) is 11.5 Å². The summed E-state index contributed by atoms with van der Waals surface area (Å²) in [5.41, 5.74) is 1.38. The van der Waals surface area contributed by atoms with E-state index in [9.17, 15) is 9.59 Å². The molecular formula is C19H22N2O5. The summed E-state index contributed by atoms with van der Waals surface area (Å²) >= 11 is 0. The van der Waals surface area contributed by atoms with E-state index in [4.69, 9.17) is 14.2 Å². The third-order valence-electron chi connectivity index (χ3n) is 3.68. The average molecular weight is 358 g/mol. The molecule has 0 aromatic heterocycles. The maximum atomic E-state index is 12.3. The van der Waals surface area contributed by atoms with Gasteiger partial charge in [0.15, 0.2) is 0 Å². The van der Waals surface area contributed by atoms with Crippen LogP contribution in [0.15, 0.2) is 48.5 Å². The maximum absolute atomic E-state index is 12.3. The van der Waals surface area contributed by atoms with Crippen molar-refractivity contribution in [2.75, 3.05) is 26.6 Å². The third kappa shape index (κ3) is 5.41. The quantitative estimate of drug-likeness (QED) is 0.743. The van der Waals surface area contributed by atoms with E-state index in [2.05, 4.69) is 10.6 Å². The van der Waals surface area contributed by atoms with Gasteiger partial charge in [-0.1, -0.05) is 30.3 Å². The zero-order valence-corrected chi connectivity index (χ0v) is 14.9. The zero-order chi connectivity index (χ0) is 18.9. The number of urea groups is 1. The van der Waals surface area contributed by atoms with Crippen LogP contribution in [0.5, 0.6) is 11.5 Å². The van der Waals surface area contributed by atoms with Crippen molar-refractivity contribution in [2.45, 2.75) is 12.5 Å². The summed E-state index contributed by atoms with van der Waals surface area (Å²) in [5, 5.41) is 5.30. The van der Waals surface area contributed by atoms with Gasteiger partial charge in [-0.05, 0) is 5.56 Å². The van der Waals surface area contributed by atoms with E-state index in [1.807, 2.05) is 30.3 Å². The van der Waals surface area contributed by atoms with Gasteiger partial charge in [0.25, 0.3) is 0 Å². The molecule has 7 heteroatoms. The molecule has 138 valence electrons. The first kappa shape index (κ1) is 19.1. The van der Waals surface area contributed by atoms with Crippen LogP contribution >= 0.6 is 0 Å². The monoisotopic (exact) mass is 358 g/mol. The number of amides is 2. The van der Waals surface area contributed by atoms with Crippen molar-refractivity contribution >= 4 is 17.7 Å². The summed E-state index contributed by atoms with van der Waals surface area (Å²) in [5.74, 6) is 0.550. The molecule has 0 saturated carbocycles. The van der Waals surface area contributed by atoms with Crippen molar-refractivity contribution in [1.82, 2.24) is 5.32 Å². The van der Waals surface area contributed by atoms with Gasteiger partial charge in [0, 0.05) is 30.3 Å². The van der Waals surface area contributed by atoms with Crippen LogP contribution in [-0.4, -0.2) is 39.4 Å². The number of carbonyl (C=O) groups excluding carboxylic acids is 2. The number of benzene rings is 2. The second kappa shape index (κ2) is 9.31. The molecule has 0 radical (unpaired) electrons. The van der Waals surface area contributed by atoms with Crippen LogP contribution in [-0.2, 0) is 16.0 Å². The fraction of sp³-hybridized carbons (Fsp3) is 0.263. The number of methoxy groups -OCH3 is 3. The first-order chi connectivity index (χ1) is 12.5. The van der Waals surface area contributed by atoms with Gasteiger partial charge in [-0.25, -0.2) is 9.59 Å². The summed E-state index contributed by atoms with van der Waals surface area (Å²) in [7, 11) is 4.32. The molecule has 2 amide bonds. The van der Waals surface area contributed by atoms with Crippen LogP contribution in [0, 0.1) is 0 Å². The van der Waals surface area contributed by atoms with Crippen LogP contribution in [0.2, 0.25) is 0 Å². The molecule has 0 unspecified atom stereocenters. The highest BCUT2D eigenvalue weighted by Gasteiger charge is 2.22. The Labute approximate surface area is 152 Å². The van der Waals surface area contributed by atoms with Gasteiger partial charge in [0.2, 0.25) is 0 Å². The maximum Gasteiger partial charge on any atom is 0.328 e. The van der Waals surface area contributed by atoms with Crippen LogP contribution in [0.1, 0.15) is 5.56 Å². The van der Waals surface area contributed by atoms with E-state index >= 15 is 0 Å². The van der Waals surface area contributed by atoms with Gasteiger partial charge >= 0.3 is 12.0 Å². The van der Waals surface area contributed by atoms with Gasteiger partial charge < -0.3 is 24.8 Å². The van der Waals surface area contributed by atoms with Crippen molar-refractivity contribution in [2.24, 2.45) is 0 Å². The van der Waals surface area contributed by atoms with E-state index in [1.54, 1.807) is 18.2 Å². The summed E-state index contributed by atoms with van der Waals surface area (Å²) in [6.07, 6.45) is 0.322. The third-order valence-corrected chi connectivity index (χ3v) is 3.68. The van der Waals surface area contributed by atoms with Gasteiger partial charge in [0.1, 0.15) is 17.5 Å².